The summed E-state index contributed by atoms with van der Waals surface area (Å²) in [5.41, 5.74) is 0.487. The molecule has 4 heteroatoms. The second kappa shape index (κ2) is 6.11. The highest BCUT2D eigenvalue weighted by molar-refractivity contribution is 7.99. The van der Waals surface area contributed by atoms with Gasteiger partial charge in [-0.05, 0) is 55.6 Å². The maximum Gasteiger partial charge on any atom is 0.0784 e. The van der Waals surface area contributed by atoms with E-state index in [0.717, 1.165) is 42.2 Å². The summed E-state index contributed by atoms with van der Waals surface area (Å²) >= 11 is 7.91. The Hall–Kier alpha value is -0.220. The third-order valence-corrected chi connectivity index (χ3v) is 6.39. The standard InChI is InChI=1S/C17H23ClO2S/c1-16(19,10-13-2-4-15(18)5-3-13)14-6-8-20-17(11-14)7-9-21-12-17/h2-5,14,19H,6-12H2,1H3. The lowest BCUT2D eigenvalue weighted by molar-refractivity contribution is -0.126. The molecule has 0 aromatic heterocycles. The van der Waals surface area contributed by atoms with Gasteiger partial charge in [0.05, 0.1) is 11.2 Å². The minimum Gasteiger partial charge on any atom is -0.390 e. The van der Waals surface area contributed by atoms with E-state index in [1.807, 2.05) is 43.0 Å². The van der Waals surface area contributed by atoms with Crippen molar-refractivity contribution in [2.45, 2.75) is 43.8 Å². The van der Waals surface area contributed by atoms with E-state index in [1.165, 1.54) is 5.75 Å². The Labute approximate surface area is 136 Å². The Kier molecular flexibility index (Phi) is 4.56. The molecule has 116 valence electrons. The van der Waals surface area contributed by atoms with E-state index >= 15 is 0 Å². The van der Waals surface area contributed by atoms with Crippen molar-refractivity contribution in [2.24, 2.45) is 5.92 Å². The van der Waals surface area contributed by atoms with Crippen LogP contribution in [0.25, 0.3) is 0 Å². The zero-order valence-corrected chi connectivity index (χ0v) is 14.1. The van der Waals surface area contributed by atoms with Crippen LogP contribution in [0, 0.1) is 5.92 Å². The van der Waals surface area contributed by atoms with Crippen molar-refractivity contribution in [1.29, 1.82) is 0 Å². The van der Waals surface area contributed by atoms with E-state index in [1.54, 1.807) is 0 Å². The predicted molar refractivity (Wildman–Crippen MR) is 89.1 cm³/mol. The van der Waals surface area contributed by atoms with E-state index < -0.39 is 5.60 Å². The minimum absolute atomic E-state index is 0.0254. The second-order valence-electron chi connectivity index (χ2n) is 6.68. The zero-order valence-electron chi connectivity index (χ0n) is 12.5. The van der Waals surface area contributed by atoms with E-state index in [9.17, 15) is 5.11 Å². The van der Waals surface area contributed by atoms with Crippen LogP contribution in [0.15, 0.2) is 24.3 Å². The monoisotopic (exact) mass is 326 g/mol. The SMILES string of the molecule is CC(O)(Cc1ccc(Cl)cc1)C1CCOC2(CCSC2)C1. The molecule has 0 amide bonds. The molecular formula is C17H23ClO2S. The lowest BCUT2D eigenvalue weighted by atomic mass is 9.74. The molecule has 2 fully saturated rings. The third kappa shape index (κ3) is 3.58. The molecule has 0 saturated carbocycles. The van der Waals surface area contributed by atoms with Crippen molar-refractivity contribution in [1.82, 2.24) is 0 Å². The molecule has 3 rings (SSSR count). The van der Waals surface area contributed by atoms with Crippen LogP contribution >= 0.6 is 23.4 Å². The summed E-state index contributed by atoms with van der Waals surface area (Å²) < 4.78 is 6.07. The number of ether oxygens (including phenoxy) is 1. The normalized spacial score (nSPS) is 32.2. The molecule has 0 aliphatic carbocycles. The van der Waals surface area contributed by atoms with Crippen molar-refractivity contribution in [2.75, 3.05) is 18.1 Å². The van der Waals surface area contributed by atoms with Crippen molar-refractivity contribution in [3.63, 3.8) is 0 Å². The number of aliphatic hydroxyl groups is 1. The molecule has 3 atom stereocenters. The van der Waals surface area contributed by atoms with Crippen LogP contribution in [-0.2, 0) is 11.2 Å². The lowest BCUT2D eigenvalue weighted by Gasteiger charge is -2.43. The Morgan fingerprint density at radius 1 is 1.43 bits per heavy atom. The van der Waals surface area contributed by atoms with Gasteiger partial charge in [0.25, 0.3) is 0 Å². The third-order valence-electron chi connectivity index (χ3n) is 4.91. The van der Waals surface area contributed by atoms with Gasteiger partial charge >= 0.3 is 0 Å². The van der Waals surface area contributed by atoms with Crippen LogP contribution in [0.4, 0.5) is 0 Å². The van der Waals surface area contributed by atoms with E-state index in [4.69, 9.17) is 16.3 Å². The van der Waals surface area contributed by atoms with Gasteiger partial charge in [0.2, 0.25) is 0 Å². The van der Waals surface area contributed by atoms with Gasteiger partial charge in [0, 0.05) is 23.8 Å². The maximum absolute atomic E-state index is 11.0. The van der Waals surface area contributed by atoms with Gasteiger partial charge in [0.1, 0.15) is 0 Å². The summed E-state index contributed by atoms with van der Waals surface area (Å²) in [5.74, 6) is 2.58. The molecule has 0 bridgehead atoms. The van der Waals surface area contributed by atoms with Gasteiger partial charge in [-0.2, -0.15) is 11.8 Å². The summed E-state index contributed by atoms with van der Waals surface area (Å²) in [7, 11) is 0. The van der Waals surface area contributed by atoms with Crippen LogP contribution < -0.4 is 0 Å². The summed E-state index contributed by atoms with van der Waals surface area (Å²) in [5, 5.41) is 11.8. The molecule has 3 unspecified atom stereocenters. The van der Waals surface area contributed by atoms with Gasteiger partial charge < -0.3 is 9.84 Å². The Bertz CT molecular complexity index is 480. The van der Waals surface area contributed by atoms with E-state index in [0.29, 0.717) is 12.3 Å². The van der Waals surface area contributed by atoms with Gasteiger partial charge in [-0.15, -0.1) is 0 Å². The minimum atomic E-state index is -0.683. The van der Waals surface area contributed by atoms with E-state index in [-0.39, 0.29) is 5.60 Å². The fraction of sp³-hybridized carbons (Fsp3) is 0.647. The van der Waals surface area contributed by atoms with Crippen LogP contribution in [0.3, 0.4) is 0 Å². The predicted octanol–water partition coefficient (Wildman–Crippen LogP) is 3.94. The smallest absolute Gasteiger partial charge is 0.0784 e. The highest BCUT2D eigenvalue weighted by Gasteiger charge is 2.45. The maximum atomic E-state index is 11.0. The van der Waals surface area contributed by atoms with Crippen LogP contribution in [0.2, 0.25) is 5.02 Å². The van der Waals surface area contributed by atoms with E-state index in [2.05, 4.69) is 0 Å². The molecule has 1 aromatic rings. The number of halogens is 1. The molecule has 0 radical (unpaired) electrons. The van der Waals surface area contributed by atoms with Crippen LogP contribution in [-0.4, -0.2) is 34.4 Å². The topological polar surface area (TPSA) is 29.5 Å². The molecule has 2 aliphatic heterocycles. The van der Waals surface area contributed by atoms with Crippen molar-refractivity contribution >= 4 is 23.4 Å². The van der Waals surface area contributed by atoms with Gasteiger partial charge in [-0.1, -0.05) is 23.7 Å². The average Bonchev–Trinajstić information content (AvgIpc) is 2.89. The lowest BCUT2D eigenvalue weighted by Crippen LogP contribution is -2.48. The first kappa shape index (κ1) is 15.7. The van der Waals surface area contributed by atoms with Crippen molar-refractivity contribution < 1.29 is 9.84 Å². The number of rotatable bonds is 3. The van der Waals surface area contributed by atoms with Crippen molar-refractivity contribution in [3.8, 4) is 0 Å². The highest BCUT2D eigenvalue weighted by Crippen LogP contribution is 2.44. The Morgan fingerprint density at radius 2 is 2.19 bits per heavy atom. The van der Waals surface area contributed by atoms with Crippen LogP contribution in [0.1, 0.15) is 31.7 Å². The number of benzene rings is 1. The van der Waals surface area contributed by atoms with Gasteiger partial charge in [0.15, 0.2) is 0 Å². The van der Waals surface area contributed by atoms with Gasteiger partial charge in [-0.25, -0.2) is 0 Å². The summed E-state index contributed by atoms with van der Waals surface area (Å²) in [6.07, 6.45) is 3.75. The highest BCUT2D eigenvalue weighted by atomic mass is 35.5. The fourth-order valence-corrected chi connectivity index (χ4v) is 5.09. The summed E-state index contributed by atoms with van der Waals surface area (Å²) in [6, 6.07) is 7.81. The summed E-state index contributed by atoms with van der Waals surface area (Å²) in [4.78, 5) is 0. The summed E-state index contributed by atoms with van der Waals surface area (Å²) in [6.45, 7) is 2.76. The Morgan fingerprint density at radius 3 is 2.86 bits per heavy atom. The quantitative estimate of drug-likeness (QED) is 0.912. The first-order chi connectivity index (χ1) is 9.99. The Balaban J connectivity index is 1.70. The second-order valence-corrected chi connectivity index (χ2v) is 8.23. The molecule has 1 N–H and O–H groups in total. The largest absolute Gasteiger partial charge is 0.390 e. The number of thioether (sulfide) groups is 1. The van der Waals surface area contributed by atoms with Crippen LogP contribution in [0.5, 0.6) is 0 Å². The molecular weight excluding hydrogens is 304 g/mol. The average molecular weight is 327 g/mol. The number of hydrogen-bond donors (Lipinski definition) is 1. The first-order valence-electron chi connectivity index (χ1n) is 7.68. The zero-order chi connectivity index (χ0) is 14.9. The van der Waals surface area contributed by atoms with Crippen molar-refractivity contribution in [3.05, 3.63) is 34.9 Å². The molecule has 1 spiro atoms. The molecule has 2 nitrogen and oxygen atoms in total. The van der Waals surface area contributed by atoms with Gasteiger partial charge in [-0.3, -0.25) is 0 Å². The molecule has 2 saturated heterocycles. The molecule has 2 heterocycles. The molecule has 21 heavy (non-hydrogen) atoms. The number of hydrogen-bond acceptors (Lipinski definition) is 3. The fourth-order valence-electron chi connectivity index (χ4n) is 3.58. The first-order valence-corrected chi connectivity index (χ1v) is 9.21. The molecule has 2 aliphatic rings. The molecule has 1 aromatic carbocycles.